The second-order valence-electron chi connectivity index (χ2n) is 5.39. The number of nitrogens with one attached hydrogen (secondary N) is 2. The average molecular weight is 386 g/mol. The molecule has 0 aliphatic heterocycles. The van der Waals surface area contributed by atoms with Crippen molar-refractivity contribution in [2.75, 3.05) is 10.6 Å². The summed E-state index contributed by atoms with van der Waals surface area (Å²) in [6, 6.07) is 13.3. The molecule has 0 radical (unpaired) electrons. The number of amides is 2. The number of benzene rings is 2. The van der Waals surface area contributed by atoms with Crippen LogP contribution in [0.4, 0.5) is 17.1 Å². The minimum Gasteiger partial charge on any atom is -0.459 e. The highest BCUT2D eigenvalue weighted by molar-refractivity contribution is 6.32. The lowest BCUT2D eigenvalue weighted by Gasteiger charge is -2.08. The molecule has 2 aromatic carbocycles. The van der Waals surface area contributed by atoms with Crippen LogP contribution in [0.2, 0.25) is 5.02 Å². The Bertz CT molecular complexity index is 1000. The van der Waals surface area contributed by atoms with E-state index in [0.29, 0.717) is 11.4 Å². The summed E-state index contributed by atoms with van der Waals surface area (Å²) < 4.78 is 5.00. The maximum atomic E-state index is 12.3. The van der Waals surface area contributed by atoms with E-state index in [1.54, 1.807) is 30.3 Å². The fourth-order valence-electron chi connectivity index (χ4n) is 2.23. The van der Waals surface area contributed by atoms with Crippen molar-refractivity contribution in [2.45, 2.75) is 0 Å². The number of nitro benzene ring substituents is 1. The van der Waals surface area contributed by atoms with E-state index in [1.807, 2.05) is 0 Å². The minimum absolute atomic E-state index is 0.0480. The van der Waals surface area contributed by atoms with E-state index < -0.39 is 16.7 Å². The number of furan rings is 1. The number of halogens is 1. The molecular weight excluding hydrogens is 374 g/mol. The van der Waals surface area contributed by atoms with Crippen LogP contribution >= 0.6 is 11.6 Å². The molecular formula is C18H12ClN3O5. The highest BCUT2D eigenvalue weighted by Gasteiger charge is 2.16. The van der Waals surface area contributed by atoms with Gasteiger partial charge < -0.3 is 15.1 Å². The van der Waals surface area contributed by atoms with Gasteiger partial charge in [0.1, 0.15) is 5.02 Å². The van der Waals surface area contributed by atoms with Crippen molar-refractivity contribution in [2.24, 2.45) is 0 Å². The molecule has 1 heterocycles. The summed E-state index contributed by atoms with van der Waals surface area (Å²) in [7, 11) is 0. The number of carbonyl (C=O) groups is 2. The predicted molar refractivity (Wildman–Crippen MR) is 99.2 cm³/mol. The van der Waals surface area contributed by atoms with Crippen molar-refractivity contribution < 1.29 is 18.9 Å². The van der Waals surface area contributed by atoms with Gasteiger partial charge in [-0.05, 0) is 48.5 Å². The van der Waals surface area contributed by atoms with Crippen LogP contribution < -0.4 is 10.6 Å². The Labute approximate surface area is 157 Å². The Morgan fingerprint density at radius 3 is 2.15 bits per heavy atom. The van der Waals surface area contributed by atoms with E-state index in [-0.39, 0.29) is 22.0 Å². The Balaban J connectivity index is 1.67. The number of nitro groups is 1. The molecule has 27 heavy (non-hydrogen) atoms. The molecule has 9 heteroatoms. The molecule has 0 aliphatic rings. The summed E-state index contributed by atoms with van der Waals surface area (Å²) >= 11 is 5.74. The summed E-state index contributed by atoms with van der Waals surface area (Å²) in [5, 5.41) is 16.1. The van der Waals surface area contributed by atoms with Crippen LogP contribution in [0.25, 0.3) is 0 Å². The summed E-state index contributed by atoms with van der Waals surface area (Å²) in [5.41, 5.74) is 0.715. The SMILES string of the molecule is O=C(Nc1ccc(NC(=O)c2ccco2)cc1)c1ccc(Cl)c([N+](=O)[O-])c1. The molecule has 0 spiro atoms. The standard InChI is InChI=1S/C18H12ClN3O5/c19-14-8-3-11(10-15(14)22(25)26)17(23)20-12-4-6-13(7-5-12)21-18(24)16-2-1-9-27-16/h1-10H,(H,20,23)(H,21,24). The van der Waals surface area contributed by atoms with Crippen LogP contribution in [0, 0.1) is 10.1 Å². The number of hydrogen-bond donors (Lipinski definition) is 2. The van der Waals surface area contributed by atoms with Gasteiger partial charge in [-0.15, -0.1) is 0 Å². The fraction of sp³-hybridized carbons (Fsp3) is 0. The van der Waals surface area contributed by atoms with E-state index in [2.05, 4.69) is 10.6 Å². The van der Waals surface area contributed by atoms with Crippen molar-refractivity contribution in [3.8, 4) is 0 Å². The van der Waals surface area contributed by atoms with Gasteiger partial charge in [0.25, 0.3) is 17.5 Å². The van der Waals surface area contributed by atoms with Gasteiger partial charge in [-0.2, -0.15) is 0 Å². The van der Waals surface area contributed by atoms with Gasteiger partial charge >= 0.3 is 0 Å². The van der Waals surface area contributed by atoms with Crippen LogP contribution in [-0.2, 0) is 0 Å². The fourth-order valence-corrected chi connectivity index (χ4v) is 2.42. The van der Waals surface area contributed by atoms with Gasteiger partial charge in [0.15, 0.2) is 5.76 Å². The minimum atomic E-state index is -0.657. The quantitative estimate of drug-likeness (QED) is 0.500. The maximum Gasteiger partial charge on any atom is 0.291 e. The first-order valence-electron chi connectivity index (χ1n) is 7.64. The van der Waals surface area contributed by atoms with Crippen molar-refractivity contribution in [1.82, 2.24) is 0 Å². The third kappa shape index (κ3) is 4.31. The van der Waals surface area contributed by atoms with E-state index >= 15 is 0 Å². The highest BCUT2D eigenvalue weighted by Crippen LogP contribution is 2.25. The van der Waals surface area contributed by atoms with Gasteiger partial charge in [0.05, 0.1) is 11.2 Å². The number of nitrogens with zero attached hydrogens (tertiary/aromatic N) is 1. The van der Waals surface area contributed by atoms with Crippen LogP contribution in [0.15, 0.2) is 65.3 Å². The number of anilines is 2. The molecule has 0 atom stereocenters. The van der Waals surface area contributed by atoms with Gasteiger partial charge in [-0.25, -0.2) is 0 Å². The summed E-state index contributed by atoms with van der Waals surface area (Å²) in [4.78, 5) is 34.4. The highest BCUT2D eigenvalue weighted by atomic mass is 35.5. The van der Waals surface area contributed by atoms with Crippen LogP contribution in [-0.4, -0.2) is 16.7 Å². The van der Waals surface area contributed by atoms with Gasteiger partial charge in [-0.3, -0.25) is 19.7 Å². The second kappa shape index (κ2) is 7.71. The zero-order valence-electron chi connectivity index (χ0n) is 13.6. The molecule has 0 fully saturated rings. The zero-order valence-corrected chi connectivity index (χ0v) is 14.4. The van der Waals surface area contributed by atoms with E-state index in [9.17, 15) is 19.7 Å². The van der Waals surface area contributed by atoms with E-state index in [4.69, 9.17) is 16.0 Å². The summed E-state index contributed by atoms with van der Waals surface area (Å²) in [6.45, 7) is 0. The topological polar surface area (TPSA) is 114 Å². The van der Waals surface area contributed by atoms with Gasteiger partial charge in [-0.1, -0.05) is 11.6 Å². The van der Waals surface area contributed by atoms with Gasteiger partial charge in [0.2, 0.25) is 0 Å². The number of carbonyl (C=O) groups excluding carboxylic acids is 2. The first kappa shape index (κ1) is 18.2. The first-order valence-corrected chi connectivity index (χ1v) is 8.02. The Kier molecular flexibility index (Phi) is 5.18. The monoisotopic (exact) mass is 385 g/mol. The predicted octanol–water partition coefficient (Wildman–Crippen LogP) is 4.35. The third-order valence-corrected chi connectivity index (χ3v) is 3.87. The second-order valence-corrected chi connectivity index (χ2v) is 5.79. The van der Waals surface area contributed by atoms with Crippen LogP contribution in [0.3, 0.4) is 0 Å². The van der Waals surface area contributed by atoms with E-state index in [0.717, 1.165) is 6.07 Å². The van der Waals surface area contributed by atoms with Crippen LogP contribution in [0.5, 0.6) is 0 Å². The zero-order chi connectivity index (χ0) is 19.4. The van der Waals surface area contributed by atoms with Crippen molar-refractivity contribution in [1.29, 1.82) is 0 Å². The maximum absolute atomic E-state index is 12.3. The average Bonchev–Trinajstić information content (AvgIpc) is 3.18. The van der Waals surface area contributed by atoms with Gasteiger partial charge in [0, 0.05) is 23.0 Å². The van der Waals surface area contributed by atoms with Crippen molar-refractivity contribution >= 4 is 40.5 Å². The molecule has 0 bridgehead atoms. The van der Waals surface area contributed by atoms with E-state index in [1.165, 1.54) is 24.5 Å². The molecule has 3 aromatic rings. The Morgan fingerprint density at radius 1 is 0.963 bits per heavy atom. The lowest BCUT2D eigenvalue weighted by molar-refractivity contribution is -0.384. The molecule has 136 valence electrons. The normalized spacial score (nSPS) is 10.3. The number of hydrogen-bond acceptors (Lipinski definition) is 5. The molecule has 2 N–H and O–H groups in total. The number of rotatable bonds is 5. The lowest BCUT2D eigenvalue weighted by Crippen LogP contribution is -2.13. The third-order valence-electron chi connectivity index (χ3n) is 3.55. The van der Waals surface area contributed by atoms with Crippen LogP contribution in [0.1, 0.15) is 20.9 Å². The van der Waals surface area contributed by atoms with Crippen molar-refractivity contribution in [3.05, 3.63) is 87.3 Å². The molecule has 1 aromatic heterocycles. The molecule has 0 saturated heterocycles. The molecule has 0 aliphatic carbocycles. The molecule has 3 rings (SSSR count). The largest absolute Gasteiger partial charge is 0.459 e. The first-order chi connectivity index (χ1) is 12.9. The summed E-state index contributed by atoms with van der Waals surface area (Å²) in [5.74, 6) is -0.746. The van der Waals surface area contributed by atoms with Crippen molar-refractivity contribution in [3.63, 3.8) is 0 Å². The lowest BCUT2D eigenvalue weighted by atomic mass is 10.2. The molecule has 8 nitrogen and oxygen atoms in total. The molecule has 0 unspecified atom stereocenters. The Hall–Kier alpha value is -3.65. The molecule has 0 saturated carbocycles. The molecule has 2 amide bonds. The Morgan fingerprint density at radius 2 is 1.59 bits per heavy atom. The smallest absolute Gasteiger partial charge is 0.291 e. The summed E-state index contributed by atoms with van der Waals surface area (Å²) in [6.07, 6.45) is 1.40.